The summed E-state index contributed by atoms with van der Waals surface area (Å²) in [5, 5.41) is 3.99. The Morgan fingerprint density at radius 1 is 1.17 bits per heavy atom. The van der Waals surface area contributed by atoms with E-state index in [0.29, 0.717) is 26.1 Å². The van der Waals surface area contributed by atoms with Crippen LogP contribution in [-0.4, -0.2) is 43.2 Å². The molecule has 2 aliphatic heterocycles. The molecule has 0 aliphatic carbocycles. The number of hydrogen-bond acceptors (Lipinski definition) is 7. The van der Waals surface area contributed by atoms with E-state index in [1.165, 1.54) is 13.2 Å². The molecule has 2 aromatic rings. The highest BCUT2D eigenvalue weighted by atomic mass is 19.1. The monoisotopic (exact) mass is 505 g/mol. The Kier molecular flexibility index (Phi) is 7.36. The van der Waals surface area contributed by atoms with Crippen LogP contribution in [0.4, 0.5) is 13.2 Å². The second kappa shape index (κ2) is 10.5. The summed E-state index contributed by atoms with van der Waals surface area (Å²) >= 11 is 0. The summed E-state index contributed by atoms with van der Waals surface area (Å²) in [6.45, 7) is 0.615. The largest absolute Gasteiger partial charge is 0.496 e. The van der Waals surface area contributed by atoms with Gasteiger partial charge in [-0.3, -0.25) is 14.6 Å². The van der Waals surface area contributed by atoms with Crippen molar-refractivity contribution in [2.24, 2.45) is 11.5 Å². The first-order chi connectivity index (χ1) is 17.2. The fourth-order valence-corrected chi connectivity index (χ4v) is 4.38. The van der Waals surface area contributed by atoms with E-state index >= 15 is 4.39 Å². The lowest BCUT2D eigenvalue weighted by Gasteiger charge is -2.33. The molecular weight excluding hydrogens is 479 g/mol. The number of nitrogens with one attached hydrogen (secondary N) is 2. The van der Waals surface area contributed by atoms with Gasteiger partial charge in [0.15, 0.2) is 0 Å². The molecule has 1 unspecified atom stereocenters. The molecule has 0 spiro atoms. The van der Waals surface area contributed by atoms with Gasteiger partial charge in [0.25, 0.3) is 5.91 Å². The number of ether oxygens (including phenoxy) is 2. The van der Waals surface area contributed by atoms with Crippen molar-refractivity contribution < 1.29 is 32.2 Å². The molecule has 36 heavy (non-hydrogen) atoms. The first-order valence-corrected chi connectivity index (χ1v) is 11.2. The molecule has 1 fully saturated rings. The summed E-state index contributed by atoms with van der Waals surface area (Å²) in [6, 6.07) is 4.03. The van der Waals surface area contributed by atoms with E-state index in [0.717, 1.165) is 24.3 Å². The maximum absolute atomic E-state index is 15.2. The molecule has 0 bridgehead atoms. The molecule has 2 aromatic carbocycles. The highest BCUT2D eigenvalue weighted by molar-refractivity contribution is 5.97. The van der Waals surface area contributed by atoms with E-state index in [1.807, 2.05) is 0 Å². The number of primary amides is 1. The van der Waals surface area contributed by atoms with Crippen LogP contribution in [0, 0.1) is 17.5 Å². The van der Waals surface area contributed by atoms with E-state index in [-0.39, 0.29) is 46.4 Å². The van der Waals surface area contributed by atoms with Crippen LogP contribution in [0.3, 0.4) is 0 Å². The number of nitrogens with two attached hydrogens (primary N) is 2. The second-order valence-corrected chi connectivity index (χ2v) is 8.43. The Morgan fingerprint density at radius 3 is 2.56 bits per heavy atom. The second-order valence-electron chi connectivity index (χ2n) is 8.43. The Labute approximate surface area is 205 Å². The average Bonchev–Trinajstić information content (AvgIpc) is 3.21. The number of amides is 2. The van der Waals surface area contributed by atoms with Gasteiger partial charge in [-0.25, -0.2) is 18.6 Å². The molecule has 0 saturated carbocycles. The van der Waals surface area contributed by atoms with Crippen LogP contribution in [0.25, 0.3) is 0 Å². The predicted molar refractivity (Wildman–Crippen MR) is 122 cm³/mol. The molecule has 12 heteroatoms. The molecule has 2 amide bonds. The fourth-order valence-electron chi connectivity index (χ4n) is 4.38. The quantitative estimate of drug-likeness (QED) is 0.451. The van der Waals surface area contributed by atoms with Crippen molar-refractivity contribution in [2.45, 2.75) is 31.5 Å². The molecule has 9 nitrogen and oxygen atoms in total. The normalized spacial score (nSPS) is 18.4. The number of hydrogen-bond donors (Lipinski definition) is 4. The van der Waals surface area contributed by atoms with Gasteiger partial charge in [-0.1, -0.05) is 0 Å². The third-order valence-electron chi connectivity index (χ3n) is 6.24. The maximum atomic E-state index is 15.2. The van der Waals surface area contributed by atoms with E-state index < -0.39 is 35.3 Å². The van der Waals surface area contributed by atoms with Gasteiger partial charge in [0, 0.05) is 30.9 Å². The van der Waals surface area contributed by atoms with Gasteiger partial charge in [-0.2, -0.15) is 0 Å². The van der Waals surface area contributed by atoms with E-state index in [1.54, 1.807) is 5.01 Å². The van der Waals surface area contributed by atoms with Crippen LogP contribution in [0.1, 0.15) is 40.4 Å². The van der Waals surface area contributed by atoms with E-state index in [9.17, 15) is 18.4 Å². The van der Waals surface area contributed by atoms with Gasteiger partial charge >= 0.3 is 0 Å². The summed E-state index contributed by atoms with van der Waals surface area (Å²) in [4.78, 5) is 24.7. The first kappa shape index (κ1) is 25.3. The van der Waals surface area contributed by atoms with Crippen LogP contribution < -0.4 is 26.9 Å². The summed E-state index contributed by atoms with van der Waals surface area (Å²) < 4.78 is 54.2. The standard InChI is InChI=1S/C24H26F3N5O4/c1-35-19-3-2-13(25)9-16(19)24(34)30-11-12-8-18(27)15(10-17(12)26)21-20(23(29)33)22(28)32(31-21)14-4-6-36-7-5-14/h2-3,8-10,14,21,31H,4-7,11,28H2,1H3,(H2,29,33)(H,30,34). The van der Waals surface area contributed by atoms with Gasteiger partial charge in [-0.15, -0.1) is 0 Å². The highest BCUT2D eigenvalue weighted by Crippen LogP contribution is 2.35. The minimum absolute atomic E-state index is 0.0552. The number of hydrazine groups is 1. The smallest absolute Gasteiger partial charge is 0.255 e. The molecule has 2 aliphatic rings. The number of methoxy groups -OCH3 is 1. The van der Waals surface area contributed by atoms with Crippen molar-refractivity contribution in [2.75, 3.05) is 20.3 Å². The van der Waals surface area contributed by atoms with Crippen LogP contribution in [-0.2, 0) is 16.1 Å². The molecule has 1 saturated heterocycles. The maximum Gasteiger partial charge on any atom is 0.255 e. The third kappa shape index (κ3) is 4.95. The van der Waals surface area contributed by atoms with E-state index in [4.69, 9.17) is 20.9 Å². The highest BCUT2D eigenvalue weighted by Gasteiger charge is 2.39. The SMILES string of the molecule is COc1ccc(F)cc1C(=O)NCc1cc(F)c(C2NN(C3CCOCC3)C(N)=C2C(N)=O)cc1F. The molecule has 1 atom stereocenters. The van der Waals surface area contributed by atoms with Gasteiger partial charge < -0.3 is 26.3 Å². The van der Waals surface area contributed by atoms with Crippen LogP contribution in [0.5, 0.6) is 5.75 Å². The fraction of sp³-hybridized carbons (Fsp3) is 0.333. The van der Waals surface area contributed by atoms with Crippen molar-refractivity contribution in [3.8, 4) is 5.75 Å². The molecule has 192 valence electrons. The van der Waals surface area contributed by atoms with Crippen molar-refractivity contribution in [1.82, 2.24) is 15.8 Å². The third-order valence-corrected chi connectivity index (χ3v) is 6.24. The number of halogens is 3. The molecule has 0 radical (unpaired) electrons. The molecule has 2 heterocycles. The van der Waals surface area contributed by atoms with Gasteiger partial charge in [0.05, 0.1) is 30.3 Å². The minimum Gasteiger partial charge on any atom is -0.496 e. The summed E-state index contributed by atoms with van der Waals surface area (Å²) in [5.41, 5.74) is 14.2. The summed E-state index contributed by atoms with van der Waals surface area (Å²) in [7, 11) is 1.32. The lowest BCUT2D eigenvalue weighted by Crippen LogP contribution is -2.46. The Morgan fingerprint density at radius 2 is 1.89 bits per heavy atom. The predicted octanol–water partition coefficient (Wildman–Crippen LogP) is 1.74. The van der Waals surface area contributed by atoms with Crippen molar-refractivity contribution in [3.63, 3.8) is 0 Å². The zero-order chi connectivity index (χ0) is 26.0. The van der Waals surface area contributed by atoms with Crippen molar-refractivity contribution in [3.05, 3.63) is 75.9 Å². The van der Waals surface area contributed by atoms with Crippen LogP contribution >= 0.6 is 0 Å². The van der Waals surface area contributed by atoms with Crippen LogP contribution in [0.15, 0.2) is 41.7 Å². The average molecular weight is 505 g/mol. The Balaban J connectivity index is 1.55. The minimum atomic E-state index is -1.10. The number of benzene rings is 2. The number of nitrogens with zero attached hydrogens (tertiary/aromatic N) is 1. The lowest BCUT2D eigenvalue weighted by molar-refractivity contribution is -0.114. The number of rotatable bonds is 7. The summed E-state index contributed by atoms with van der Waals surface area (Å²) in [5.74, 6) is -3.72. The van der Waals surface area contributed by atoms with Gasteiger partial charge in [0.1, 0.15) is 29.0 Å². The zero-order valence-corrected chi connectivity index (χ0v) is 19.4. The molecule has 6 N–H and O–H groups in total. The first-order valence-electron chi connectivity index (χ1n) is 11.2. The van der Waals surface area contributed by atoms with Gasteiger partial charge in [-0.05, 0) is 43.2 Å². The van der Waals surface area contributed by atoms with E-state index in [2.05, 4.69) is 10.7 Å². The molecule has 4 rings (SSSR count). The molecule has 0 aromatic heterocycles. The van der Waals surface area contributed by atoms with Gasteiger partial charge in [0.2, 0.25) is 5.91 Å². The topological polar surface area (TPSA) is 132 Å². The Hall–Kier alpha value is -3.77. The summed E-state index contributed by atoms with van der Waals surface area (Å²) in [6.07, 6.45) is 1.25. The lowest BCUT2D eigenvalue weighted by atomic mass is 9.97. The van der Waals surface area contributed by atoms with Crippen LogP contribution in [0.2, 0.25) is 0 Å². The Bertz CT molecular complexity index is 1220. The number of carbonyl (C=O) groups excluding carboxylic acids is 2. The zero-order valence-electron chi connectivity index (χ0n) is 19.4. The molecular formula is C24H26F3N5O4. The number of carbonyl (C=O) groups is 2. The van der Waals surface area contributed by atoms with Crippen molar-refractivity contribution in [1.29, 1.82) is 0 Å². The van der Waals surface area contributed by atoms with Crippen molar-refractivity contribution >= 4 is 11.8 Å².